The van der Waals surface area contributed by atoms with Crippen molar-refractivity contribution >= 4 is 40.8 Å². The number of para-hydroxylation sites is 1. The molecule has 0 bridgehead atoms. The number of nitrogens with zero attached hydrogens (tertiary/aromatic N) is 3. The maximum atomic E-state index is 4.34. The topological polar surface area (TPSA) is 93.8 Å². The first kappa shape index (κ1) is 22.8. The summed E-state index contributed by atoms with van der Waals surface area (Å²) in [4.78, 5) is 12.0. The van der Waals surface area contributed by atoms with E-state index in [9.17, 15) is 0 Å². The Bertz CT molecular complexity index is 1130. The molecule has 162 valence electrons. The summed E-state index contributed by atoms with van der Waals surface area (Å²) < 4.78 is 0. The van der Waals surface area contributed by atoms with Crippen LogP contribution in [0.2, 0.25) is 0 Å². The van der Waals surface area contributed by atoms with Crippen molar-refractivity contribution in [3.63, 3.8) is 0 Å². The van der Waals surface area contributed by atoms with Gasteiger partial charge in [-0.15, -0.1) is 24.0 Å². The van der Waals surface area contributed by atoms with E-state index in [2.05, 4.69) is 79.2 Å². The summed E-state index contributed by atoms with van der Waals surface area (Å²) in [5.74, 6) is 1.55. The van der Waals surface area contributed by atoms with Crippen LogP contribution in [-0.4, -0.2) is 39.7 Å². The first-order chi connectivity index (χ1) is 14.8. The van der Waals surface area contributed by atoms with E-state index >= 15 is 0 Å². The van der Waals surface area contributed by atoms with Gasteiger partial charge in [0.2, 0.25) is 0 Å². The predicted octanol–water partition coefficient (Wildman–Crippen LogP) is 4.04. The number of rotatable bonds is 7. The van der Waals surface area contributed by atoms with Crippen LogP contribution in [0.3, 0.4) is 0 Å². The van der Waals surface area contributed by atoms with Crippen LogP contribution >= 0.6 is 24.0 Å². The van der Waals surface area contributed by atoms with Crippen molar-refractivity contribution in [3.05, 3.63) is 71.7 Å². The monoisotopic (exact) mass is 529 g/mol. The quantitative estimate of drug-likeness (QED) is 0.165. The number of aliphatic imine (C=N–C) groups is 1. The Morgan fingerprint density at radius 1 is 1.10 bits per heavy atom. The first-order valence-electron chi connectivity index (χ1n) is 10.3. The van der Waals surface area contributed by atoms with E-state index < -0.39 is 0 Å². The predicted molar refractivity (Wildman–Crippen MR) is 137 cm³/mol. The molecule has 0 aliphatic carbocycles. The fourth-order valence-electron chi connectivity index (χ4n) is 3.67. The number of fused-ring (bicyclic) bond motifs is 1. The fourth-order valence-corrected chi connectivity index (χ4v) is 3.67. The number of H-pyrrole nitrogens is 2. The maximum absolute atomic E-state index is 4.34. The molecular weight excluding hydrogens is 501 g/mol. The molecule has 0 fully saturated rings. The molecule has 4 aromatic rings. The summed E-state index contributed by atoms with van der Waals surface area (Å²) in [6, 6.07) is 14.7. The van der Waals surface area contributed by atoms with Crippen molar-refractivity contribution in [2.75, 3.05) is 13.6 Å². The highest BCUT2D eigenvalue weighted by Gasteiger charge is 2.07. The number of guanidine groups is 1. The van der Waals surface area contributed by atoms with E-state index in [-0.39, 0.29) is 24.0 Å². The van der Waals surface area contributed by atoms with E-state index in [0.29, 0.717) is 6.54 Å². The molecule has 0 radical (unpaired) electrons. The zero-order chi connectivity index (χ0) is 20.8. The number of hydrogen-bond donors (Lipinski definition) is 4. The van der Waals surface area contributed by atoms with Crippen molar-refractivity contribution in [1.82, 2.24) is 30.8 Å². The lowest BCUT2D eigenvalue weighted by Gasteiger charge is -2.12. The van der Waals surface area contributed by atoms with E-state index in [1.165, 1.54) is 28.4 Å². The molecular formula is C23H28IN7. The Morgan fingerprint density at radius 3 is 2.74 bits per heavy atom. The van der Waals surface area contributed by atoms with Gasteiger partial charge in [-0.1, -0.05) is 43.3 Å². The summed E-state index contributed by atoms with van der Waals surface area (Å²) in [5, 5.41) is 14.9. The van der Waals surface area contributed by atoms with Gasteiger partial charge in [0.1, 0.15) is 6.33 Å². The summed E-state index contributed by atoms with van der Waals surface area (Å²) in [7, 11) is 1.79. The molecule has 2 aromatic heterocycles. The lowest BCUT2D eigenvalue weighted by Crippen LogP contribution is -2.37. The van der Waals surface area contributed by atoms with E-state index in [1.54, 1.807) is 7.05 Å². The second kappa shape index (κ2) is 10.9. The molecule has 0 aliphatic heterocycles. The molecule has 0 unspecified atom stereocenters. The third kappa shape index (κ3) is 5.43. The smallest absolute Gasteiger partial charge is 0.191 e. The molecule has 4 rings (SSSR count). The fraction of sp³-hybridized carbons (Fsp3) is 0.261. The zero-order valence-corrected chi connectivity index (χ0v) is 20.1. The van der Waals surface area contributed by atoms with Crippen LogP contribution in [0.15, 0.2) is 60.0 Å². The lowest BCUT2D eigenvalue weighted by molar-refractivity contribution is 0.796. The molecule has 2 aromatic carbocycles. The van der Waals surface area contributed by atoms with Crippen molar-refractivity contribution in [2.24, 2.45) is 4.99 Å². The number of aryl methyl sites for hydroxylation is 1. The maximum Gasteiger partial charge on any atom is 0.191 e. The van der Waals surface area contributed by atoms with Crippen LogP contribution in [0.1, 0.15) is 23.6 Å². The lowest BCUT2D eigenvalue weighted by atomic mass is 10.1. The van der Waals surface area contributed by atoms with Gasteiger partial charge in [0.05, 0.1) is 0 Å². The largest absolute Gasteiger partial charge is 0.361 e. The van der Waals surface area contributed by atoms with Crippen LogP contribution in [0.4, 0.5) is 0 Å². The summed E-state index contributed by atoms with van der Waals surface area (Å²) >= 11 is 0. The van der Waals surface area contributed by atoms with Crippen LogP contribution in [-0.2, 0) is 19.4 Å². The molecule has 0 aliphatic rings. The second-order valence-corrected chi connectivity index (χ2v) is 7.14. The second-order valence-electron chi connectivity index (χ2n) is 7.14. The molecule has 8 heteroatoms. The third-order valence-corrected chi connectivity index (χ3v) is 5.25. The van der Waals surface area contributed by atoms with Crippen LogP contribution in [0, 0.1) is 0 Å². The molecule has 0 spiro atoms. The Kier molecular flexibility index (Phi) is 8.05. The minimum atomic E-state index is 0. The van der Waals surface area contributed by atoms with Gasteiger partial charge in [0, 0.05) is 42.8 Å². The number of hydrogen-bond acceptors (Lipinski definition) is 3. The standard InChI is InChI=1S/C23H27N7.HI/c1-3-17-7-5-9-20-19(14-26-21(17)20)10-11-25-23(24-2)27-13-16-6-4-8-18(12-16)22-28-15-29-30-22;/h4-9,12,14-15,26H,3,10-11,13H2,1-2H3,(H2,24,25,27)(H,28,29,30);1H. The van der Waals surface area contributed by atoms with Gasteiger partial charge in [-0.2, -0.15) is 5.10 Å². The van der Waals surface area contributed by atoms with Crippen molar-refractivity contribution in [1.29, 1.82) is 0 Å². The molecule has 2 heterocycles. The first-order valence-corrected chi connectivity index (χ1v) is 10.3. The van der Waals surface area contributed by atoms with Gasteiger partial charge >= 0.3 is 0 Å². The molecule has 4 N–H and O–H groups in total. The Balaban J connectivity index is 0.00000272. The highest BCUT2D eigenvalue weighted by molar-refractivity contribution is 14.0. The Labute approximate surface area is 199 Å². The number of aromatic amines is 2. The molecule has 31 heavy (non-hydrogen) atoms. The van der Waals surface area contributed by atoms with E-state index in [4.69, 9.17) is 0 Å². The van der Waals surface area contributed by atoms with Gasteiger partial charge in [-0.05, 0) is 35.6 Å². The molecule has 0 atom stereocenters. The summed E-state index contributed by atoms with van der Waals surface area (Å²) in [5.41, 5.74) is 6.10. The van der Waals surface area contributed by atoms with Gasteiger partial charge in [0.25, 0.3) is 0 Å². The molecule has 0 saturated heterocycles. The number of halogens is 1. The number of aromatic nitrogens is 4. The van der Waals surface area contributed by atoms with Gasteiger partial charge in [-0.3, -0.25) is 10.1 Å². The average molecular weight is 529 g/mol. The summed E-state index contributed by atoms with van der Waals surface area (Å²) in [6.45, 7) is 3.67. The Hall–Kier alpha value is -2.88. The van der Waals surface area contributed by atoms with Crippen LogP contribution < -0.4 is 10.6 Å². The van der Waals surface area contributed by atoms with E-state index in [1.807, 2.05) is 12.1 Å². The molecule has 0 saturated carbocycles. The highest BCUT2D eigenvalue weighted by atomic mass is 127. The van der Waals surface area contributed by atoms with Gasteiger partial charge in [-0.25, -0.2) is 4.98 Å². The summed E-state index contributed by atoms with van der Waals surface area (Å²) in [6.07, 6.45) is 5.60. The highest BCUT2D eigenvalue weighted by Crippen LogP contribution is 2.22. The molecule has 7 nitrogen and oxygen atoms in total. The SMILES string of the molecule is CCc1cccc2c(CCNC(=NC)NCc3cccc(-c4ncn[nH]4)c3)c[nH]c12.I. The number of benzene rings is 2. The Morgan fingerprint density at radius 2 is 1.97 bits per heavy atom. The van der Waals surface area contributed by atoms with Crippen molar-refractivity contribution in [3.8, 4) is 11.4 Å². The van der Waals surface area contributed by atoms with Gasteiger partial charge in [0.15, 0.2) is 11.8 Å². The van der Waals surface area contributed by atoms with Crippen LogP contribution in [0.5, 0.6) is 0 Å². The van der Waals surface area contributed by atoms with Crippen molar-refractivity contribution < 1.29 is 0 Å². The average Bonchev–Trinajstić information content (AvgIpc) is 3.46. The number of nitrogens with one attached hydrogen (secondary N) is 4. The zero-order valence-electron chi connectivity index (χ0n) is 17.8. The molecule has 0 amide bonds. The van der Waals surface area contributed by atoms with Crippen LogP contribution in [0.25, 0.3) is 22.3 Å². The third-order valence-electron chi connectivity index (χ3n) is 5.25. The minimum absolute atomic E-state index is 0. The van der Waals surface area contributed by atoms with E-state index in [0.717, 1.165) is 42.3 Å². The van der Waals surface area contributed by atoms with Crippen molar-refractivity contribution in [2.45, 2.75) is 26.3 Å². The normalized spacial score (nSPS) is 11.4. The van der Waals surface area contributed by atoms with Gasteiger partial charge < -0.3 is 15.6 Å². The minimum Gasteiger partial charge on any atom is -0.361 e.